The van der Waals surface area contributed by atoms with Crippen LogP contribution in [0.3, 0.4) is 0 Å². The third-order valence-electron chi connectivity index (χ3n) is 5.71. The molecule has 0 bridgehead atoms. The first kappa shape index (κ1) is 22.0. The van der Waals surface area contributed by atoms with Crippen molar-refractivity contribution < 1.29 is 17.7 Å². The molecule has 0 N–H and O–H groups in total. The van der Waals surface area contributed by atoms with Crippen molar-refractivity contribution >= 4 is 11.3 Å². The predicted octanol–water partition coefficient (Wildman–Crippen LogP) is 4.48. The average molecular weight is 454 g/mol. The highest BCUT2D eigenvalue weighted by Crippen LogP contribution is 2.34. The third-order valence-corrected chi connectivity index (χ3v) is 6.80. The number of aryl methyl sites for hydroxylation is 3. The minimum atomic E-state index is -4.40. The molecule has 3 aromatic heterocycles. The highest BCUT2D eigenvalue weighted by Gasteiger charge is 2.35. The van der Waals surface area contributed by atoms with Crippen LogP contribution in [0.15, 0.2) is 22.7 Å². The summed E-state index contributed by atoms with van der Waals surface area (Å²) in [6, 6.07) is 4.98. The van der Waals surface area contributed by atoms with E-state index in [1.807, 2.05) is 26.0 Å². The third kappa shape index (κ3) is 5.02. The van der Waals surface area contributed by atoms with Gasteiger partial charge in [-0.2, -0.15) is 18.3 Å². The summed E-state index contributed by atoms with van der Waals surface area (Å²) in [5.74, 6) is 0.882. The van der Waals surface area contributed by atoms with Crippen LogP contribution in [0.25, 0.3) is 10.6 Å². The molecule has 3 aromatic rings. The summed E-state index contributed by atoms with van der Waals surface area (Å²) in [5, 5.41) is 8.10. The fraction of sp³-hybridized carbons (Fsp3) is 0.524. The second-order valence-electron chi connectivity index (χ2n) is 8.01. The largest absolute Gasteiger partial charge is 0.433 e. The summed E-state index contributed by atoms with van der Waals surface area (Å²) in [5.41, 5.74) is 1.76. The van der Waals surface area contributed by atoms with Gasteiger partial charge in [-0.15, -0.1) is 11.3 Å². The van der Waals surface area contributed by atoms with E-state index >= 15 is 0 Å². The Bertz CT molecular complexity index is 1020. The van der Waals surface area contributed by atoms with Crippen molar-refractivity contribution in [3.63, 3.8) is 0 Å². The molecule has 4 rings (SSSR count). The fourth-order valence-corrected chi connectivity index (χ4v) is 4.97. The van der Waals surface area contributed by atoms with E-state index in [9.17, 15) is 13.2 Å². The molecule has 168 valence electrons. The molecule has 1 aliphatic heterocycles. The van der Waals surface area contributed by atoms with Gasteiger partial charge >= 0.3 is 6.18 Å². The molecule has 0 amide bonds. The molecule has 31 heavy (non-hydrogen) atoms. The zero-order chi connectivity index (χ0) is 22.2. The Kier molecular flexibility index (Phi) is 6.23. The van der Waals surface area contributed by atoms with Crippen LogP contribution in [0.1, 0.15) is 34.0 Å². The lowest BCUT2D eigenvalue weighted by molar-refractivity contribution is -0.143. The van der Waals surface area contributed by atoms with E-state index < -0.39 is 11.9 Å². The van der Waals surface area contributed by atoms with Crippen LogP contribution in [0.4, 0.5) is 13.2 Å². The number of alkyl halides is 3. The van der Waals surface area contributed by atoms with E-state index in [0.29, 0.717) is 5.69 Å². The van der Waals surface area contributed by atoms with Crippen LogP contribution < -0.4 is 0 Å². The van der Waals surface area contributed by atoms with Gasteiger partial charge in [0.15, 0.2) is 0 Å². The predicted molar refractivity (Wildman–Crippen MR) is 113 cm³/mol. The second-order valence-corrected chi connectivity index (χ2v) is 9.18. The van der Waals surface area contributed by atoms with E-state index in [1.54, 1.807) is 0 Å². The van der Waals surface area contributed by atoms with E-state index in [2.05, 4.69) is 20.1 Å². The van der Waals surface area contributed by atoms with Gasteiger partial charge in [0.05, 0.1) is 10.6 Å². The van der Waals surface area contributed by atoms with Crippen molar-refractivity contribution in [2.24, 2.45) is 7.05 Å². The van der Waals surface area contributed by atoms with Crippen molar-refractivity contribution in [3.05, 3.63) is 45.8 Å². The summed E-state index contributed by atoms with van der Waals surface area (Å²) >= 11 is 1.51. The summed E-state index contributed by atoms with van der Waals surface area (Å²) in [6.45, 7) is 9.48. The Morgan fingerprint density at radius 2 is 1.77 bits per heavy atom. The molecule has 1 saturated heterocycles. The van der Waals surface area contributed by atoms with Crippen molar-refractivity contribution in [3.8, 4) is 10.6 Å². The minimum Gasteiger partial charge on any atom is -0.361 e. The molecule has 0 aromatic carbocycles. The number of hydrogen-bond acceptors (Lipinski definition) is 6. The zero-order valence-corrected chi connectivity index (χ0v) is 18.7. The molecule has 0 radical (unpaired) electrons. The number of rotatable bonds is 5. The number of thiophene rings is 1. The average Bonchev–Trinajstić information content (AvgIpc) is 3.35. The highest BCUT2D eigenvalue weighted by atomic mass is 32.1. The normalized spacial score (nSPS) is 16.7. The van der Waals surface area contributed by atoms with Crippen molar-refractivity contribution in [1.82, 2.24) is 24.7 Å². The number of nitrogens with zero attached hydrogens (tertiary/aromatic N) is 5. The quantitative estimate of drug-likeness (QED) is 0.570. The first-order valence-electron chi connectivity index (χ1n) is 10.3. The Morgan fingerprint density at radius 1 is 1.06 bits per heavy atom. The number of halogens is 3. The van der Waals surface area contributed by atoms with Gasteiger partial charge in [0.25, 0.3) is 0 Å². The van der Waals surface area contributed by atoms with Gasteiger partial charge in [-0.3, -0.25) is 14.5 Å². The zero-order valence-electron chi connectivity index (χ0n) is 17.9. The maximum Gasteiger partial charge on any atom is 0.433 e. The van der Waals surface area contributed by atoms with Crippen LogP contribution in [0.5, 0.6) is 0 Å². The van der Waals surface area contributed by atoms with Crippen LogP contribution in [-0.2, 0) is 26.3 Å². The standard InChI is InChI=1S/C21H26F3N5OS/c1-14-17(15(2)30-26-14)13-29-8-4-7-28(9-10-29)12-16-5-6-19(31-16)18-11-20(21(22,23)24)27(3)25-18/h5-6,11H,4,7-10,12-13H2,1-3H3. The molecule has 1 fully saturated rings. The molecule has 0 spiro atoms. The molecule has 6 nitrogen and oxygen atoms in total. The molecule has 10 heteroatoms. The van der Waals surface area contributed by atoms with Crippen molar-refractivity contribution in [2.75, 3.05) is 26.2 Å². The Labute approximate surface area is 183 Å². The van der Waals surface area contributed by atoms with Crippen molar-refractivity contribution in [2.45, 2.75) is 39.5 Å². The van der Waals surface area contributed by atoms with E-state index in [4.69, 9.17) is 4.52 Å². The summed E-state index contributed by atoms with van der Waals surface area (Å²) in [6.07, 6.45) is -3.33. The van der Waals surface area contributed by atoms with Crippen LogP contribution in [0, 0.1) is 13.8 Å². The van der Waals surface area contributed by atoms with Gasteiger partial charge in [0.2, 0.25) is 0 Å². The highest BCUT2D eigenvalue weighted by molar-refractivity contribution is 7.15. The summed E-state index contributed by atoms with van der Waals surface area (Å²) in [7, 11) is 1.33. The van der Waals surface area contributed by atoms with Gasteiger partial charge in [-0.05, 0) is 51.6 Å². The molecule has 0 saturated carbocycles. The molecular weight excluding hydrogens is 427 g/mol. The van der Waals surface area contributed by atoms with Gasteiger partial charge in [-0.1, -0.05) is 5.16 Å². The molecular formula is C21H26F3N5OS. The maximum absolute atomic E-state index is 13.0. The number of aromatic nitrogens is 3. The first-order chi connectivity index (χ1) is 14.7. The van der Waals surface area contributed by atoms with Crippen molar-refractivity contribution in [1.29, 1.82) is 0 Å². The minimum absolute atomic E-state index is 0.368. The Hall–Kier alpha value is -2.17. The maximum atomic E-state index is 13.0. The Balaban J connectivity index is 1.37. The van der Waals surface area contributed by atoms with Gasteiger partial charge in [0, 0.05) is 43.7 Å². The lowest BCUT2D eigenvalue weighted by Crippen LogP contribution is -2.30. The van der Waals surface area contributed by atoms with E-state index in [1.165, 1.54) is 23.9 Å². The van der Waals surface area contributed by atoms with Crippen LogP contribution >= 0.6 is 11.3 Å². The molecule has 0 aliphatic carbocycles. The second kappa shape index (κ2) is 8.76. The SMILES string of the molecule is Cc1noc(C)c1CN1CCCN(Cc2ccc(-c3cc(C(F)(F)F)n(C)n3)s2)CC1. The first-order valence-corrected chi connectivity index (χ1v) is 11.1. The lowest BCUT2D eigenvalue weighted by Gasteiger charge is -2.21. The molecule has 0 atom stereocenters. The molecule has 1 aliphatic rings. The summed E-state index contributed by atoms with van der Waals surface area (Å²) in [4.78, 5) is 6.73. The van der Waals surface area contributed by atoms with Gasteiger partial charge in [0.1, 0.15) is 17.1 Å². The van der Waals surface area contributed by atoms with Gasteiger partial charge < -0.3 is 4.52 Å². The van der Waals surface area contributed by atoms with E-state index in [0.717, 1.165) is 77.6 Å². The lowest BCUT2D eigenvalue weighted by atomic mass is 10.2. The molecule has 0 unspecified atom stereocenters. The van der Waals surface area contributed by atoms with Crippen LogP contribution in [-0.4, -0.2) is 50.9 Å². The molecule has 4 heterocycles. The van der Waals surface area contributed by atoms with Crippen LogP contribution in [0.2, 0.25) is 0 Å². The van der Waals surface area contributed by atoms with Gasteiger partial charge in [-0.25, -0.2) is 0 Å². The number of hydrogen-bond donors (Lipinski definition) is 0. The fourth-order valence-electron chi connectivity index (χ4n) is 3.97. The Morgan fingerprint density at radius 3 is 2.39 bits per heavy atom. The topological polar surface area (TPSA) is 50.3 Å². The van der Waals surface area contributed by atoms with E-state index in [-0.39, 0.29) is 0 Å². The monoisotopic (exact) mass is 453 g/mol. The summed E-state index contributed by atoms with van der Waals surface area (Å²) < 4.78 is 45.3. The smallest absolute Gasteiger partial charge is 0.361 e.